The highest BCUT2D eigenvalue weighted by Crippen LogP contribution is 2.42. The number of thioether (sulfide) groups is 3. The molecule has 5 heterocycles. The molecule has 1 saturated heterocycles. The largest absolute Gasteiger partial charge is 0.503 e. The van der Waals surface area contributed by atoms with Crippen LogP contribution >= 0.6 is 58.0 Å². The van der Waals surface area contributed by atoms with Crippen molar-refractivity contribution in [3.05, 3.63) is 50.5 Å². The first-order chi connectivity index (χ1) is 21.1. The number of β-lactam (4-membered cyclic amide) rings is 1. The molecule has 5 rings (SSSR count). The zero-order valence-electron chi connectivity index (χ0n) is 22.4. The van der Waals surface area contributed by atoms with E-state index in [9.17, 15) is 34.6 Å². The van der Waals surface area contributed by atoms with Crippen LogP contribution in [-0.2, 0) is 25.8 Å². The first-order valence-corrected chi connectivity index (χ1v) is 17.1. The number of aromatic hydroxyl groups is 1. The van der Waals surface area contributed by atoms with Gasteiger partial charge in [0.05, 0.1) is 6.20 Å². The summed E-state index contributed by atoms with van der Waals surface area (Å²) in [5.74, 6) is -1.93. The molecule has 2 atom stereocenters. The number of carbonyl (C=O) groups excluding carboxylic acids is 2. The van der Waals surface area contributed by atoms with E-state index in [4.69, 9.17) is 10.6 Å². The van der Waals surface area contributed by atoms with Gasteiger partial charge in [-0.15, -0.1) is 33.3 Å². The Hall–Kier alpha value is -3.79. The van der Waals surface area contributed by atoms with Gasteiger partial charge in [0.25, 0.3) is 11.8 Å². The van der Waals surface area contributed by atoms with E-state index >= 15 is 0 Å². The second kappa shape index (κ2) is 13.5. The molecule has 0 saturated carbocycles. The lowest BCUT2D eigenvalue weighted by atomic mass is 10.0. The molecule has 2 aliphatic heterocycles. The number of carboxylic acid groups (broad SMARTS) is 1. The van der Waals surface area contributed by atoms with Gasteiger partial charge in [0.2, 0.25) is 5.43 Å². The lowest BCUT2D eigenvalue weighted by molar-refractivity contribution is -0.150. The van der Waals surface area contributed by atoms with Crippen molar-refractivity contribution in [3.63, 3.8) is 0 Å². The molecule has 2 amide bonds. The Kier molecular flexibility index (Phi) is 9.68. The van der Waals surface area contributed by atoms with Crippen molar-refractivity contribution in [2.75, 3.05) is 23.0 Å². The summed E-state index contributed by atoms with van der Waals surface area (Å²) in [6.45, 7) is 1.53. The van der Waals surface area contributed by atoms with E-state index in [1.165, 1.54) is 40.2 Å². The minimum atomic E-state index is -1.26. The molecular formula is C23H22N8O8S5. The number of amides is 2. The van der Waals surface area contributed by atoms with Crippen LogP contribution in [0.3, 0.4) is 0 Å². The molecule has 232 valence electrons. The quantitative estimate of drug-likeness (QED) is 0.0588. The molecule has 44 heavy (non-hydrogen) atoms. The Morgan fingerprint density at radius 2 is 2.02 bits per heavy atom. The van der Waals surface area contributed by atoms with Crippen LogP contribution in [0, 0.1) is 0 Å². The highest BCUT2D eigenvalue weighted by molar-refractivity contribution is 8.03. The fraction of sp³-hybridized carbons (Fsp3) is 0.304. The maximum absolute atomic E-state index is 13.3. The van der Waals surface area contributed by atoms with Crippen LogP contribution in [0.25, 0.3) is 0 Å². The average molecular weight is 699 g/mol. The number of carboxylic acids is 1. The van der Waals surface area contributed by atoms with Gasteiger partial charge >= 0.3 is 5.97 Å². The number of aromatic nitrogens is 4. The van der Waals surface area contributed by atoms with Gasteiger partial charge in [0, 0.05) is 23.0 Å². The van der Waals surface area contributed by atoms with Crippen molar-refractivity contribution in [2.24, 2.45) is 5.16 Å². The molecule has 0 radical (unpaired) electrons. The van der Waals surface area contributed by atoms with Crippen molar-refractivity contribution in [3.8, 4) is 5.75 Å². The smallest absolute Gasteiger partial charge is 0.352 e. The molecule has 21 heteroatoms. The summed E-state index contributed by atoms with van der Waals surface area (Å²) in [4.78, 5) is 60.8. The summed E-state index contributed by atoms with van der Waals surface area (Å²) in [5.41, 5.74) is 4.99. The molecule has 1 fully saturated rings. The molecule has 2 aliphatic rings. The van der Waals surface area contributed by atoms with Gasteiger partial charge < -0.3 is 31.3 Å². The SMILES string of the molecule is CCSc1nnc(SCC2=C(C(=O)O)N3C(=O)[C@@H](NC(=O)/C(=N\OCc4cc(=O)c(O)cn4O)c4csc(N)n4)[C@H]3SC2)s1. The number of oxime groups is 1. The number of rotatable bonds is 12. The zero-order valence-corrected chi connectivity index (χ0v) is 26.5. The second-order valence-corrected chi connectivity index (χ2v) is 14.5. The Morgan fingerprint density at radius 3 is 2.70 bits per heavy atom. The third-order valence-electron chi connectivity index (χ3n) is 6.00. The molecule has 6 N–H and O–H groups in total. The minimum Gasteiger partial charge on any atom is -0.503 e. The molecule has 0 aliphatic carbocycles. The van der Waals surface area contributed by atoms with Crippen LogP contribution in [0.1, 0.15) is 18.3 Å². The molecule has 0 spiro atoms. The van der Waals surface area contributed by atoms with Crippen molar-refractivity contribution < 1.29 is 34.6 Å². The maximum atomic E-state index is 13.3. The van der Waals surface area contributed by atoms with Gasteiger partial charge in [-0.1, -0.05) is 46.9 Å². The van der Waals surface area contributed by atoms with Crippen molar-refractivity contribution >= 4 is 86.6 Å². The van der Waals surface area contributed by atoms with Gasteiger partial charge in [0.15, 0.2) is 31.9 Å². The van der Waals surface area contributed by atoms with E-state index in [2.05, 4.69) is 25.7 Å². The van der Waals surface area contributed by atoms with Gasteiger partial charge in [0.1, 0.15) is 28.5 Å². The van der Waals surface area contributed by atoms with E-state index in [1.54, 1.807) is 11.8 Å². The number of aliphatic carboxylic acids is 1. The van der Waals surface area contributed by atoms with Gasteiger partial charge in [-0.25, -0.2) is 9.78 Å². The number of nitrogens with one attached hydrogen (secondary N) is 1. The summed E-state index contributed by atoms with van der Waals surface area (Å²) in [7, 11) is 0. The number of anilines is 1. The van der Waals surface area contributed by atoms with E-state index in [0.29, 0.717) is 26.1 Å². The second-order valence-electron chi connectivity index (χ2n) is 8.82. The highest BCUT2D eigenvalue weighted by Gasteiger charge is 2.54. The van der Waals surface area contributed by atoms with Crippen molar-refractivity contribution in [1.82, 2.24) is 30.1 Å². The minimum absolute atomic E-state index is 0.0413. The number of hydrogen-bond acceptors (Lipinski definition) is 17. The van der Waals surface area contributed by atoms with Crippen molar-refractivity contribution in [2.45, 2.75) is 33.6 Å². The van der Waals surface area contributed by atoms with Crippen LogP contribution in [-0.4, -0.2) is 92.4 Å². The first-order valence-electron chi connectivity index (χ1n) is 12.4. The predicted molar refractivity (Wildman–Crippen MR) is 164 cm³/mol. The van der Waals surface area contributed by atoms with Crippen molar-refractivity contribution in [1.29, 1.82) is 0 Å². The molecule has 0 unspecified atom stereocenters. The molecule has 3 aromatic rings. The van der Waals surface area contributed by atoms with Crippen LogP contribution < -0.4 is 16.5 Å². The average Bonchev–Trinajstić information content (AvgIpc) is 3.63. The number of pyridine rings is 1. The Bertz CT molecular complexity index is 1740. The van der Waals surface area contributed by atoms with Gasteiger partial charge in [-0.3, -0.25) is 19.3 Å². The Labute approximate surface area is 268 Å². The third kappa shape index (κ3) is 6.65. The number of nitrogens with two attached hydrogens (primary N) is 1. The highest BCUT2D eigenvalue weighted by atomic mass is 32.2. The van der Waals surface area contributed by atoms with E-state index in [0.717, 1.165) is 38.6 Å². The van der Waals surface area contributed by atoms with Crippen LogP contribution in [0.5, 0.6) is 5.75 Å². The summed E-state index contributed by atoms with van der Waals surface area (Å²) in [6, 6.07) is -0.140. The number of nitrogen functional groups attached to an aromatic ring is 1. The zero-order chi connectivity index (χ0) is 31.5. The number of thiazole rings is 1. The Morgan fingerprint density at radius 1 is 1.27 bits per heavy atom. The molecule has 16 nitrogen and oxygen atoms in total. The summed E-state index contributed by atoms with van der Waals surface area (Å²) in [6.07, 6.45) is 0.776. The normalized spacial score (nSPS) is 18.2. The van der Waals surface area contributed by atoms with Crippen LogP contribution in [0.15, 0.2) is 47.5 Å². The maximum Gasteiger partial charge on any atom is 0.352 e. The first kappa shape index (κ1) is 31.6. The third-order valence-corrected chi connectivity index (χ3v) is 11.2. The van der Waals surface area contributed by atoms with Crippen LogP contribution in [0.4, 0.5) is 5.13 Å². The van der Waals surface area contributed by atoms with E-state index in [1.807, 2.05) is 6.92 Å². The van der Waals surface area contributed by atoms with E-state index in [-0.39, 0.29) is 27.9 Å². The Balaban J connectivity index is 1.29. The fourth-order valence-corrected chi connectivity index (χ4v) is 8.97. The number of carbonyl (C=O) groups is 3. The summed E-state index contributed by atoms with van der Waals surface area (Å²) in [5, 5.41) is 44.8. The molecule has 3 aromatic heterocycles. The lowest BCUT2D eigenvalue weighted by Crippen LogP contribution is -2.71. The van der Waals surface area contributed by atoms with Crippen LogP contribution in [0.2, 0.25) is 0 Å². The van der Waals surface area contributed by atoms with Gasteiger partial charge in [-0.2, -0.15) is 4.73 Å². The molecule has 0 bridgehead atoms. The van der Waals surface area contributed by atoms with Gasteiger partial charge in [-0.05, 0) is 11.3 Å². The number of nitrogens with zero attached hydrogens (tertiary/aromatic N) is 6. The number of fused-ring (bicyclic) bond motifs is 1. The predicted octanol–water partition coefficient (Wildman–Crippen LogP) is 1.25. The fourth-order valence-electron chi connectivity index (χ4n) is 4.02. The van der Waals surface area contributed by atoms with E-state index < -0.39 is 47.0 Å². The topological polar surface area (TPSA) is 235 Å². The lowest BCUT2D eigenvalue weighted by Gasteiger charge is -2.49. The molecular weight excluding hydrogens is 677 g/mol. The standard InChI is InChI=1S/C23H22N8O8S5/c1-2-40-22-27-28-23(44-22)43-7-9-6-41-19-15(18(35)31(19)16(9)20(36)37)26-17(34)14(11-8-42-21(24)25-11)29-39-5-10-3-12(32)13(33)4-30(10)38/h3-4,8,15,19,33,38H,2,5-7H2,1H3,(H2,24,25)(H,26,34)(H,36,37)/b29-14-/t15-,19-/m1/s1. The summed E-state index contributed by atoms with van der Waals surface area (Å²) >= 11 is 6.66. The molecule has 0 aromatic carbocycles. The monoisotopic (exact) mass is 698 g/mol. The summed E-state index contributed by atoms with van der Waals surface area (Å²) < 4.78 is 1.97. The number of hydrogen-bond donors (Lipinski definition) is 5.